The maximum Gasteiger partial charge on any atom is 0.349 e. The summed E-state index contributed by atoms with van der Waals surface area (Å²) >= 11 is 5.67. The predicted octanol–water partition coefficient (Wildman–Crippen LogP) is 3.24. The lowest BCUT2D eigenvalue weighted by Crippen LogP contribution is -2.29. The molecule has 6 nitrogen and oxygen atoms in total. The number of rotatable bonds is 3. The standard InChI is InChI=1S/C12H16ClN3O3/c1-7-3-8(2)5-9(4-7)19-11-10(16(17)18)6-14-12(13)15-11/h6-9H,3-5H2,1-2H3. The van der Waals surface area contributed by atoms with Crippen LogP contribution in [0.1, 0.15) is 33.1 Å². The highest BCUT2D eigenvalue weighted by Crippen LogP contribution is 2.33. The molecule has 1 aromatic heterocycles. The molecule has 1 aromatic rings. The van der Waals surface area contributed by atoms with E-state index in [1.165, 1.54) is 0 Å². The molecular weight excluding hydrogens is 270 g/mol. The zero-order valence-electron chi connectivity index (χ0n) is 10.9. The first kappa shape index (κ1) is 14.0. The van der Waals surface area contributed by atoms with Gasteiger partial charge in [-0.25, -0.2) is 4.98 Å². The van der Waals surface area contributed by atoms with Crippen molar-refractivity contribution < 1.29 is 9.66 Å². The first-order chi connectivity index (χ1) is 8.95. The second kappa shape index (κ2) is 5.69. The van der Waals surface area contributed by atoms with Gasteiger partial charge in [-0.05, 0) is 42.7 Å². The number of ether oxygens (including phenoxy) is 1. The number of hydrogen-bond donors (Lipinski definition) is 0. The van der Waals surface area contributed by atoms with Crippen LogP contribution in [0.25, 0.3) is 0 Å². The number of nitro groups is 1. The van der Waals surface area contributed by atoms with E-state index in [1.54, 1.807) is 0 Å². The molecule has 1 heterocycles. The Hall–Kier alpha value is -1.43. The lowest BCUT2D eigenvalue weighted by Gasteiger charge is -2.31. The van der Waals surface area contributed by atoms with E-state index in [-0.39, 0.29) is 23.0 Å². The monoisotopic (exact) mass is 285 g/mol. The van der Waals surface area contributed by atoms with E-state index >= 15 is 0 Å². The van der Waals surface area contributed by atoms with Crippen molar-refractivity contribution in [2.45, 2.75) is 39.2 Å². The lowest BCUT2D eigenvalue weighted by atomic mass is 9.82. The van der Waals surface area contributed by atoms with Crippen molar-refractivity contribution in [3.8, 4) is 5.88 Å². The molecule has 19 heavy (non-hydrogen) atoms. The van der Waals surface area contributed by atoms with Crippen molar-refractivity contribution >= 4 is 17.3 Å². The van der Waals surface area contributed by atoms with Crippen molar-refractivity contribution in [2.75, 3.05) is 0 Å². The Morgan fingerprint density at radius 1 is 1.37 bits per heavy atom. The predicted molar refractivity (Wildman–Crippen MR) is 70.3 cm³/mol. The number of nitrogens with zero attached hydrogens (tertiary/aromatic N) is 3. The van der Waals surface area contributed by atoms with Gasteiger partial charge in [0, 0.05) is 0 Å². The minimum Gasteiger partial charge on any atom is -0.469 e. The Morgan fingerprint density at radius 2 is 2.00 bits per heavy atom. The molecule has 0 aliphatic heterocycles. The zero-order valence-corrected chi connectivity index (χ0v) is 11.6. The largest absolute Gasteiger partial charge is 0.469 e. The van der Waals surface area contributed by atoms with Gasteiger partial charge in [0.05, 0.1) is 4.92 Å². The molecule has 7 heteroatoms. The second-order valence-corrected chi connectivity index (χ2v) is 5.58. The van der Waals surface area contributed by atoms with E-state index in [1.807, 2.05) is 0 Å². The number of hydrogen-bond acceptors (Lipinski definition) is 5. The van der Waals surface area contributed by atoms with Crippen LogP contribution in [0, 0.1) is 22.0 Å². The van der Waals surface area contributed by atoms with E-state index in [0.29, 0.717) is 11.8 Å². The molecule has 2 unspecified atom stereocenters. The normalized spacial score (nSPS) is 27.0. The quantitative estimate of drug-likeness (QED) is 0.484. The van der Waals surface area contributed by atoms with Crippen molar-refractivity contribution in [3.05, 3.63) is 21.6 Å². The summed E-state index contributed by atoms with van der Waals surface area (Å²) in [6, 6.07) is 0. The smallest absolute Gasteiger partial charge is 0.349 e. The van der Waals surface area contributed by atoms with Crippen LogP contribution in [-0.4, -0.2) is 21.0 Å². The van der Waals surface area contributed by atoms with Gasteiger partial charge in [-0.2, -0.15) is 4.98 Å². The van der Waals surface area contributed by atoms with E-state index in [4.69, 9.17) is 16.3 Å². The molecule has 0 amide bonds. The summed E-state index contributed by atoms with van der Waals surface area (Å²) in [7, 11) is 0. The van der Waals surface area contributed by atoms with Crippen molar-refractivity contribution in [2.24, 2.45) is 11.8 Å². The van der Waals surface area contributed by atoms with Crippen LogP contribution in [0.3, 0.4) is 0 Å². The SMILES string of the molecule is CC1CC(C)CC(Oc2nc(Cl)ncc2[N+](=O)[O-])C1. The number of halogens is 1. The van der Waals surface area contributed by atoms with Crippen molar-refractivity contribution in [1.82, 2.24) is 9.97 Å². The fraction of sp³-hybridized carbons (Fsp3) is 0.667. The third kappa shape index (κ3) is 3.53. The lowest BCUT2D eigenvalue weighted by molar-refractivity contribution is -0.386. The first-order valence-electron chi connectivity index (χ1n) is 6.29. The van der Waals surface area contributed by atoms with Gasteiger partial charge in [-0.3, -0.25) is 10.1 Å². The van der Waals surface area contributed by atoms with Gasteiger partial charge in [-0.1, -0.05) is 13.8 Å². The molecule has 2 rings (SSSR count). The molecule has 1 saturated carbocycles. The molecule has 0 saturated heterocycles. The van der Waals surface area contributed by atoms with Crippen LogP contribution in [0.15, 0.2) is 6.20 Å². The molecule has 1 aliphatic rings. The number of aromatic nitrogens is 2. The van der Waals surface area contributed by atoms with Crippen LogP contribution >= 0.6 is 11.6 Å². The Kier molecular flexibility index (Phi) is 4.19. The van der Waals surface area contributed by atoms with Crippen LogP contribution < -0.4 is 4.74 Å². The Bertz CT molecular complexity index is 473. The molecule has 0 spiro atoms. The Balaban J connectivity index is 2.18. The summed E-state index contributed by atoms with van der Waals surface area (Å²) in [5.41, 5.74) is -0.240. The van der Waals surface area contributed by atoms with Crippen LogP contribution in [0.2, 0.25) is 5.28 Å². The molecule has 2 atom stereocenters. The van der Waals surface area contributed by atoms with Gasteiger partial charge in [-0.15, -0.1) is 0 Å². The molecule has 0 aromatic carbocycles. The zero-order chi connectivity index (χ0) is 14.0. The average molecular weight is 286 g/mol. The highest BCUT2D eigenvalue weighted by atomic mass is 35.5. The van der Waals surface area contributed by atoms with E-state index in [2.05, 4.69) is 23.8 Å². The fourth-order valence-corrected chi connectivity index (χ4v) is 2.80. The second-order valence-electron chi connectivity index (χ2n) is 5.24. The Labute approximate surface area is 116 Å². The summed E-state index contributed by atoms with van der Waals surface area (Å²) in [6.07, 6.45) is 3.95. The first-order valence-corrected chi connectivity index (χ1v) is 6.67. The molecule has 0 N–H and O–H groups in total. The molecule has 1 aliphatic carbocycles. The molecule has 0 radical (unpaired) electrons. The summed E-state index contributed by atoms with van der Waals surface area (Å²) in [4.78, 5) is 17.8. The summed E-state index contributed by atoms with van der Waals surface area (Å²) in [6.45, 7) is 4.32. The van der Waals surface area contributed by atoms with Crippen LogP contribution in [0.5, 0.6) is 5.88 Å². The third-order valence-electron chi connectivity index (χ3n) is 3.32. The van der Waals surface area contributed by atoms with Crippen molar-refractivity contribution in [1.29, 1.82) is 0 Å². The maximum atomic E-state index is 10.9. The topological polar surface area (TPSA) is 78.2 Å². The average Bonchev–Trinajstić information content (AvgIpc) is 2.26. The van der Waals surface area contributed by atoms with Crippen LogP contribution in [-0.2, 0) is 0 Å². The fourth-order valence-electron chi connectivity index (χ4n) is 2.68. The van der Waals surface area contributed by atoms with Gasteiger partial charge in [0.25, 0.3) is 5.88 Å². The Morgan fingerprint density at radius 3 is 2.58 bits per heavy atom. The van der Waals surface area contributed by atoms with Gasteiger partial charge >= 0.3 is 5.69 Å². The molecule has 0 bridgehead atoms. The summed E-state index contributed by atoms with van der Waals surface area (Å²) in [5.74, 6) is 1.06. The minimum atomic E-state index is -0.554. The highest BCUT2D eigenvalue weighted by molar-refractivity contribution is 6.28. The van der Waals surface area contributed by atoms with E-state index < -0.39 is 4.92 Å². The van der Waals surface area contributed by atoms with E-state index in [9.17, 15) is 10.1 Å². The molecular formula is C12H16ClN3O3. The van der Waals surface area contributed by atoms with Crippen molar-refractivity contribution in [3.63, 3.8) is 0 Å². The molecule has 104 valence electrons. The van der Waals surface area contributed by atoms with Gasteiger partial charge in [0.2, 0.25) is 5.28 Å². The molecule has 1 fully saturated rings. The van der Waals surface area contributed by atoms with E-state index in [0.717, 1.165) is 25.5 Å². The van der Waals surface area contributed by atoms with Gasteiger partial charge in [0.15, 0.2) is 0 Å². The summed E-state index contributed by atoms with van der Waals surface area (Å²) in [5, 5.41) is 10.9. The maximum absolute atomic E-state index is 10.9. The van der Waals surface area contributed by atoms with Gasteiger partial charge < -0.3 is 4.74 Å². The third-order valence-corrected chi connectivity index (χ3v) is 3.50. The highest BCUT2D eigenvalue weighted by Gasteiger charge is 2.28. The summed E-state index contributed by atoms with van der Waals surface area (Å²) < 4.78 is 5.69. The minimum absolute atomic E-state index is 0.0312. The van der Waals surface area contributed by atoms with Crippen LogP contribution in [0.4, 0.5) is 5.69 Å². The van der Waals surface area contributed by atoms with Gasteiger partial charge in [0.1, 0.15) is 12.3 Å².